The van der Waals surface area contributed by atoms with Crippen LogP contribution in [0.4, 0.5) is 0 Å². The summed E-state index contributed by atoms with van der Waals surface area (Å²) in [7, 11) is 0. The molecule has 0 N–H and O–H groups in total. The van der Waals surface area contributed by atoms with E-state index in [0.717, 1.165) is 0 Å². The molecule has 0 aliphatic rings. The Balaban J connectivity index is 1.17. The summed E-state index contributed by atoms with van der Waals surface area (Å²) in [5, 5.41) is 20.0. The highest BCUT2D eigenvalue weighted by atomic mass is 32.1. The van der Waals surface area contributed by atoms with E-state index in [-0.39, 0.29) is 0 Å². The van der Waals surface area contributed by atoms with Crippen LogP contribution in [0, 0.1) is 0 Å². The van der Waals surface area contributed by atoms with Crippen molar-refractivity contribution in [1.29, 1.82) is 0 Å². The van der Waals surface area contributed by atoms with Crippen molar-refractivity contribution in [2.75, 3.05) is 0 Å². The van der Waals surface area contributed by atoms with Gasteiger partial charge in [-0.2, -0.15) is 0 Å². The molecular weight excluding hydrogens is 873 g/mol. The topological polar surface area (TPSA) is 0 Å². The Morgan fingerprint density at radius 2 is 0.648 bits per heavy atom. The second-order valence-corrected chi connectivity index (χ2v) is 20.1. The highest BCUT2D eigenvalue weighted by Gasteiger charge is 2.25. The van der Waals surface area contributed by atoms with Crippen molar-refractivity contribution in [3.63, 3.8) is 0 Å². The molecule has 0 fully saturated rings. The fourth-order valence-corrected chi connectivity index (χ4v) is 13.1. The zero-order chi connectivity index (χ0) is 46.6. The van der Waals surface area contributed by atoms with E-state index >= 15 is 0 Å². The van der Waals surface area contributed by atoms with E-state index in [1.807, 2.05) is 11.3 Å². The van der Waals surface area contributed by atoms with E-state index in [9.17, 15) is 0 Å². The minimum atomic E-state index is 1.20. The number of hydrogen-bond acceptors (Lipinski definition) is 1. The molecule has 1 heteroatoms. The normalized spacial score (nSPS) is 11.9. The van der Waals surface area contributed by atoms with Crippen LogP contribution in [-0.4, -0.2) is 0 Å². The highest BCUT2D eigenvalue weighted by Crippen LogP contribution is 2.53. The second-order valence-electron chi connectivity index (χ2n) is 19.0. The number of benzene rings is 14. The van der Waals surface area contributed by atoms with Gasteiger partial charge in [-0.25, -0.2) is 0 Å². The van der Waals surface area contributed by atoms with Gasteiger partial charge in [-0.15, -0.1) is 11.3 Å². The van der Waals surface area contributed by atoms with Gasteiger partial charge in [0.15, 0.2) is 0 Å². The largest absolute Gasteiger partial charge is 0.135 e. The number of fused-ring (bicyclic) bond motifs is 13. The molecule has 71 heavy (non-hydrogen) atoms. The molecule has 15 rings (SSSR count). The van der Waals surface area contributed by atoms with Crippen LogP contribution in [-0.2, 0) is 0 Å². The van der Waals surface area contributed by atoms with E-state index in [0.29, 0.717) is 0 Å². The van der Waals surface area contributed by atoms with Crippen molar-refractivity contribution in [1.82, 2.24) is 0 Å². The summed E-state index contributed by atoms with van der Waals surface area (Å²) < 4.78 is 2.62. The van der Waals surface area contributed by atoms with Crippen molar-refractivity contribution in [3.05, 3.63) is 255 Å². The van der Waals surface area contributed by atoms with E-state index in [1.54, 1.807) is 0 Å². The third-order valence-electron chi connectivity index (χ3n) is 15.2. The third kappa shape index (κ3) is 6.23. The maximum atomic E-state index is 2.49. The Bertz CT molecular complexity index is 4680. The summed E-state index contributed by atoms with van der Waals surface area (Å²) >= 11 is 1.88. The molecule has 0 nitrogen and oxygen atoms in total. The SMILES string of the molecule is c1ccc(-c2cc3ccccc3cc2-c2c3ccccc3c(-c3ccc4sc5ccccc5c4c3)c3c4ccc(-c5cccc6ccccc56)cc4c4cc(-c5cccc6ccccc56)ccc4c23)cc1. The Morgan fingerprint density at radius 3 is 1.28 bits per heavy atom. The van der Waals surface area contributed by atoms with Crippen molar-refractivity contribution in [3.8, 4) is 55.6 Å². The van der Waals surface area contributed by atoms with Crippen molar-refractivity contribution in [2.24, 2.45) is 0 Å². The molecule has 0 amide bonds. The standard InChI is InChI=1S/C70H42S/c1-2-16-45(17-3-1)60-38-46-20-4-5-21-47(46)39-64(60)68-57-28-11-10-27-56(57)67(50-34-37-66-63(42-50)55-26-12-13-31-65(55)71-66)69-58-35-32-48(53-29-14-22-43-18-6-8-24-51(43)53)40-61(58)62-41-49(33-36-59(62)70(68)69)54-30-15-23-44-19-7-9-25-52(44)54/h1-42H. The molecule has 1 aromatic heterocycles. The molecule has 0 bridgehead atoms. The Hall–Kier alpha value is -8.88. The van der Waals surface area contributed by atoms with Gasteiger partial charge in [0.1, 0.15) is 0 Å². The summed E-state index contributed by atoms with van der Waals surface area (Å²) in [6, 6.07) is 95.7. The number of thiophene rings is 1. The molecule has 0 unspecified atom stereocenters. The van der Waals surface area contributed by atoms with Crippen LogP contribution >= 0.6 is 11.3 Å². The maximum absolute atomic E-state index is 2.49. The van der Waals surface area contributed by atoms with Crippen LogP contribution in [0.5, 0.6) is 0 Å². The minimum Gasteiger partial charge on any atom is -0.135 e. The van der Waals surface area contributed by atoms with Crippen molar-refractivity contribution in [2.45, 2.75) is 0 Å². The van der Waals surface area contributed by atoms with Crippen LogP contribution in [0.1, 0.15) is 0 Å². The Morgan fingerprint density at radius 1 is 0.197 bits per heavy atom. The lowest BCUT2D eigenvalue weighted by Gasteiger charge is -2.24. The van der Waals surface area contributed by atoms with Crippen LogP contribution in [0.2, 0.25) is 0 Å². The highest BCUT2D eigenvalue weighted by molar-refractivity contribution is 7.25. The summed E-state index contributed by atoms with van der Waals surface area (Å²) in [5.74, 6) is 0. The fourth-order valence-electron chi connectivity index (χ4n) is 12.0. The van der Waals surface area contributed by atoms with Crippen LogP contribution in [0.25, 0.3) is 151 Å². The lowest BCUT2D eigenvalue weighted by molar-refractivity contribution is 1.63. The van der Waals surface area contributed by atoms with Gasteiger partial charge in [0.05, 0.1) is 0 Å². The minimum absolute atomic E-state index is 1.20. The van der Waals surface area contributed by atoms with Gasteiger partial charge in [-0.05, 0) is 174 Å². The van der Waals surface area contributed by atoms with Crippen molar-refractivity contribution < 1.29 is 0 Å². The molecule has 328 valence electrons. The molecule has 0 aliphatic heterocycles. The summed E-state index contributed by atoms with van der Waals surface area (Å²) in [4.78, 5) is 0. The number of hydrogen-bond donors (Lipinski definition) is 0. The molecule has 0 spiro atoms. The first-order valence-electron chi connectivity index (χ1n) is 24.6. The molecule has 0 aliphatic carbocycles. The second kappa shape index (κ2) is 15.8. The van der Waals surface area contributed by atoms with E-state index in [2.05, 4.69) is 255 Å². The first-order chi connectivity index (χ1) is 35.2. The molecular formula is C70H42S. The van der Waals surface area contributed by atoms with Gasteiger partial charge in [0.2, 0.25) is 0 Å². The summed E-state index contributed by atoms with van der Waals surface area (Å²) in [6.45, 7) is 0. The van der Waals surface area contributed by atoms with Gasteiger partial charge >= 0.3 is 0 Å². The lowest BCUT2D eigenvalue weighted by Crippen LogP contribution is -1.96. The first kappa shape index (κ1) is 40.0. The van der Waals surface area contributed by atoms with E-state index in [1.165, 1.54) is 151 Å². The Labute approximate surface area is 414 Å². The zero-order valence-electron chi connectivity index (χ0n) is 38.7. The average molecular weight is 915 g/mol. The van der Waals surface area contributed by atoms with Crippen LogP contribution in [0.15, 0.2) is 255 Å². The van der Waals surface area contributed by atoms with Gasteiger partial charge in [-0.1, -0.05) is 212 Å². The quantitative estimate of drug-likeness (QED) is 0.119. The summed E-state index contributed by atoms with van der Waals surface area (Å²) in [6.07, 6.45) is 0. The van der Waals surface area contributed by atoms with E-state index < -0.39 is 0 Å². The van der Waals surface area contributed by atoms with Gasteiger partial charge in [-0.3, -0.25) is 0 Å². The smallest absolute Gasteiger partial charge is 0.0355 e. The molecule has 1 heterocycles. The summed E-state index contributed by atoms with van der Waals surface area (Å²) in [5.41, 5.74) is 12.3. The predicted molar refractivity (Wildman–Crippen MR) is 309 cm³/mol. The van der Waals surface area contributed by atoms with Gasteiger partial charge in [0, 0.05) is 20.2 Å². The maximum Gasteiger partial charge on any atom is 0.0355 e. The van der Waals surface area contributed by atoms with Gasteiger partial charge in [0.25, 0.3) is 0 Å². The van der Waals surface area contributed by atoms with Gasteiger partial charge < -0.3 is 0 Å². The molecule has 0 radical (unpaired) electrons. The third-order valence-corrected chi connectivity index (χ3v) is 16.3. The fraction of sp³-hybridized carbons (Fsp3) is 0. The van der Waals surface area contributed by atoms with Crippen LogP contribution < -0.4 is 0 Å². The average Bonchev–Trinajstić information content (AvgIpc) is 3.82. The lowest BCUT2D eigenvalue weighted by atomic mass is 9.79. The Kier molecular flexibility index (Phi) is 8.93. The van der Waals surface area contributed by atoms with Crippen LogP contribution in [0.3, 0.4) is 0 Å². The molecule has 14 aromatic carbocycles. The molecule has 0 saturated heterocycles. The van der Waals surface area contributed by atoms with Crippen molar-refractivity contribution >= 4 is 107 Å². The predicted octanol–water partition coefficient (Wildman–Crippen LogP) is 20.5. The zero-order valence-corrected chi connectivity index (χ0v) is 39.5. The monoisotopic (exact) mass is 914 g/mol. The molecule has 15 aromatic rings. The van der Waals surface area contributed by atoms with E-state index in [4.69, 9.17) is 0 Å². The molecule has 0 atom stereocenters. The molecule has 0 saturated carbocycles. The number of rotatable bonds is 5. The first-order valence-corrected chi connectivity index (χ1v) is 25.4.